The molecule has 0 amide bonds. The summed E-state index contributed by atoms with van der Waals surface area (Å²) in [4.78, 5) is 0. The molecule has 0 radical (unpaired) electrons. The van der Waals surface area contributed by atoms with Crippen LogP contribution in [0.2, 0.25) is 0 Å². The van der Waals surface area contributed by atoms with E-state index in [0.717, 1.165) is 5.56 Å². The third-order valence-corrected chi connectivity index (χ3v) is 3.45. The number of hydrogen-bond donors (Lipinski definition) is 2. The average Bonchev–Trinajstić information content (AvgIpc) is 2.26. The van der Waals surface area contributed by atoms with Crippen LogP contribution in [0.4, 0.5) is 0 Å². The molecule has 2 atom stereocenters. The van der Waals surface area contributed by atoms with E-state index in [0.29, 0.717) is 12.6 Å². The second-order valence-corrected chi connectivity index (χ2v) is 6.11. The monoisotopic (exact) mass is 235 g/mol. The van der Waals surface area contributed by atoms with Crippen molar-refractivity contribution in [1.29, 1.82) is 0 Å². The minimum atomic E-state index is -0.819. The summed E-state index contributed by atoms with van der Waals surface area (Å²) in [5.74, 6) is 0. The number of benzene rings is 1. The molecule has 2 N–H and O–H groups in total. The molecule has 0 saturated carbocycles. The van der Waals surface area contributed by atoms with Gasteiger partial charge in [-0.15, -0.1) is 0 Å². The first-order valence-electron chi connectivity index (χ1n) is 6.25. The van der Waals surface area contributed by atoms with Gasteiger partial charge in [0.2, 0.25) is 0 Å². The highest BCUT2D eigenvalue weighted by Crippen LogP contribution is 2.22. The molecule has 0 saturated heterocycles. The van der Waals surface area contributed by atoms with Crippen LogP contribution in [0.5, 0.6) is 0 Å². The van der Waals surface area contributed by atoms with Gasteiger partial charge in [-0.05, 0) is 24.8 Å². The molecule has 17 heavy (non-hydrogen) atoms. The van der Waals surface area contributed by atoms with Gasteiger partial charge in [0.15, 0.2) is 0 Å². The number of rotatable bonds is 4. The first-order valence-corrected chi connectivity index (χ1v) is 6.25. The van der Waals surface area contributed by atoms with E-state index in [2.05, 4.69) is 33.0 Å². The molecule has 0 aliphatic rings. The van der Waals surface area contributed by atoms with Gasteiger partial charge in [-0.25, -0.2) is 0 Å². The van der Waals surface area contributed by atoms with Crippen molar-refractivity contribution in [3.05, 3.63) is 35.9 Å². The van der Waals surface area contributed by atoms with Crippen LogP contribution in [0.3, 0.4) is 0 Å². The van der Waals surface area contributed by atoms with Gasteiger partial charge in [0.05, 0.1) is 5.60 Å². The van der Waals surface area contributed by atoms with Crippen LogP contribution in [0.1, 0.15) is 40.2 Å². The molecule has 0 aromatic heterocycles. The first-order chi connectivity index (χ1) is 7.73. The molecule has 0 fully saturated rings. The molecule has 0 aliphatic heterocycles. The van der Waals surface area contributed by atoms with Gasteiger partial charge in [0.1, 0.15) is 0 Å². The van der Waals surface area contributed by atoms with E-state index in [1.807, 2.05) is 37.3 Å². The summed E-state index contributed by atoms with van der Waals surface area (Å²) in [6, 6.07) is 10.2. The zero-order valence-electron chi connectivity index (χ0n) is 11.6. The van der Waals surface area contributed by atoms with Crippen LogP contribution >= 0.6 is 0 Å². The Hall–Kier alpha value is -0.860. The van der Waals surface area contributed by atoms with Crippen molar-refractivity contribution >= 4 is 0 Å². The van der Waals surface area contributed by atoms with Crippen LogP contribution < -0.4 is 5.32 Å². The first kappa shape index (κ1) is 14.2. The predicted molar refractivity (Wildman–Crippen MR) is 72.9 cm³/mol. The summed E-state index contributed by atoms with van der Waals surface area (Å²) < 4.78 is 0. The van der Waals surface area contributed by atoms with Crippen LogP contribution in [0.25, 0.3) is 0 Å². The van der Waals surface area contributed by atoms with Crippen LogP contribution in [0, 0.1) is 5.41 Å². The highest BCUT2D eigenvalue weighted by atomic mass is 16.3. The van der Waals surface area contributed by atoms with Gasteiger partial charge in [-0.1, -0.05) is 51.1 Å². The predicted octanol–water partition coefficient (Wildman–Crippen LogP) is 2.92. The normalized spacial score (nSPS) is 17.5. The standard InChI is InChI=1S/C15H25NO/c1-12(14(2,3)4)16-11-15(5,17)13-9-7-6-8-10-13/h6-10,12,16-17H,11H2,1-5H3. The highest BCUT2D eigenvalue weighted by Gasteiger charge is 2.26. The summed E-state index contributed by atoms with van der Waals surface area (Å²) in [5, 5.41) is 13.8. The Labute approximate surface area is 105 Å². The van der Waals surface area contributed by atoms with Crippen molar-refractivity contribution in [1.82, 2.24) is 5.32 Å². The fraction of sp³-hybridized carbons (Fsp3) is 0.600. The Balaban J connectivity index is 2.63. The van der Waals surface area contributed by atoms with E-state index < -0.39 is 5.60 Å². The van der Waals surface area contributed by atoms with E-state index in [1.54, 1.807) is 0 Å². The highest BCUT2D eigenvalue weighted by molar-refractivity contribution is 5.21. The molecule has 0 bridgehead atoms. The average molecular weight is 235 g/mol. The third kappa shape index (κ3) is 4.14. The van der Waals surface area contributed by atoms with Gasteiger partial charge in [-0.2, -0.15) is 0 Å². The summed E-state index contributed by atoms with van der Waals surface area (Å²) in [6.45, 7) is 11.2. The molecule has 1 rings (SSSR count). The van der Waals surface area contributed by atoms with Gasteiger partial charge in [0, 0.05) is 12.6 Å². The van der Waals surface area contributed by atoms with E-state index >= 15 is 0 Å². The molecule has 1 aromatic rings. The Morgan fingerprint density at radius 3 is 2.12 bits per heavy atom. The van der Waals surface area contributed by atoms with E-state index in [-0.39, 0.29) is 5.41 Å². The Morgan fingerprint density at radius 2 is 1.65 bits per heavy atom. The summed E-state index contributed by atoms with van der Waals surface area (Å²) in [6.07, 6.45) is 0. The minimum Gasteiger partial charge on any atom is -0.384 e. The van der Waals surface area contributed by atoms with Gasteiger partial charge in [-0.3, -0.25) is 0 Å². The van der Waals surface area contributed by atoms with Crippen LogP contribution in [-0.4, -0.2) is 17.7 Å². The molecule has 2 nitrogen and oxygen atoms in total. The smallest absolute Gasteiger partial charge is 0.0992 e. The maximum atomic E-state index is 10.4. The zero-order valence-corrected chi connectivity index (χ0v) is 11.6. The molecule has 0 aliphatic carbocycles. The topological polar surface area (TPSA) is 32.3 Å². The van der Waals surface area contributed by atoms with E-state index in [4.69, 9.17) is 0 Å². The van der Waals surface area contributed by atoms with Crippen molar-refractivity contribution in [3.8, 4) is 0 Å². The lowest BCUT2D eigenvalue weighted by Crippen LogP contribution is -2.44. The second kappa shape index (κ2) is 5.19. The summed E-state index contributed by atoms with van der Waals surface area (Å²) in [7, 11) is 0. The quantitative estimate of drug-likeness (QED) is 0.841. The molecule has 2 unspecified atom stereocenters. The van der Waals surface area contributed by atoms with E-state index in [1.165, 1.54) is 0 Å². The lowest BCUT2D eigenvalue weighted by Gasteiger charge is -2.32. The lowest BCUT2D eigenvalue weighted by atomic mass is 9.87. The Bertz CT molecular complexity index is 338. The van der Waals surface area contributed by atoms with E-state index in [9.17, 15) is 5.11 Å². The number of hydrogen-bond acceptors (Lipinski definition) is 2. The van der Waals surface area contributed by atoms with Crippen molar-refractivity contribution < 1.29 is 5.11 Å². The second-order valence-electron chi connectivity index (χ2n) is 6.11. The maximum absolute atomic E-state index is 10.4. The fourth-order valence-electron chi connectivity index (χ4n) is 1.56. The molecular weight excluding hydrogens is 210 g/mol. The molecule has 1 aromatic carbocycles. The molecule has 0 heterocycles. The Kier molecular flexibility index (Phi) is 4.34. The van der Waals surface area contributed by atoms with Gasteiger partial charge < -0.3 is 10.4 Å². The molecule has 0 spiro atoms. The van der Waals surface area contributed by atoms with Gasteiger partial charge in [0.25, 0.3) is 0 Å². The fourth-order valence-corrected chi connectivity index (χ4v) is 1.56. The molecular formula is C15H25NO. The zero-order chi connectivity index (χ0) is 13.1. The van der Waals surface area contributed by atoms with Crippen LogP contribution in [0.15, 0.2) is 30.3 Å². The molecule has 96 valence electrons. The molecule has 2 heteroatoms. The van der Waals surface area contributed by atoms with Crippen molar-refractivity contribution in [2.45, 2.75) is 46.3 Å². The Morgan fingerprint density at radius 1 is 1.12 bits per heavy atom. The van der Waals surface area contributed by atoms with Gasteiger partial charge >= 0.3 is 0 Å². The summed E-state index contributed by atoms with van der Waals surface area (Å²) in [5.41, 5.74) is 0.335. The van der Waals surface area contributed by atoms with Crippen LogP contribution in [-0.2, 0) is 5.60 Å². The third-order valence-electron chi connectivity index (χ3n) is 3.45. The van der Waals surface area contributed by atoms with Crippen molar-refractivity contribution in [2.24, 2.45) is 5.41 Å². The minimum absolute atomic E-state index is 0.201. The maximum Gasteiger partial charge on any atom is 0.0992 e. The number of nitrogens with one attached hydrogen (secondary N) is 1. The largest absolute Gasteiger partial charge is 0.384 e. The lowest BCUT2D eigenvalue weighted by molar-refractivity contribution is 0.0495. The van der Waals surface area contributed by atoms with Crippen molar-refractivity contribution in [2.75, 3.05) is 6.54 Å². The SMILES string of the molecule is CC(NCC(C)(O)c1ccccc1)C(C)(C)C. The van der Waals surface area contributed by atoms with Crippen molar-refractivity contribution in [3.63, 3.8) is 0 Å². The number of aliphatic hydroxyl groups is 1. The summed E-state index contributed by atoms with van der Waals surface area (Å²) >= 11 is 0.